The molecular weight excluding hydrogens is 1230 g/mol. The summed E-state index contributed by atoms with van der Waals surface area (Å²) in [7, 11) is 3.06. The number of nitrogens with zero attached hydrogens (tertiary/aromatic N) is 1. The van der Waals surface area contributed by atoms with E-state index in [9.17, 15) is 43.5 Å². The second-order valence-corrected chi connectivity index (χ2v) is 25.7. The van der Waals surface area contributed by atoms with Crippen LogP contribution < -0.4 is 26.6 Å². The van der Waals surface area contributed by atoms with Gasteiger partial charge in [-0.1, -0.05) is 100 Å². The second kappa shape index (κ2) is 30.9. The van der Waals surface area contributed by atoms with E-state index in [0.29, 0.717) is 70.3 Å². The molecule has 0 aliphatic carbocycles. The molecule has 2 saturated heterocycles. The molecule has 2 aromatic rings. The van der Waals surface area contributed by atoms with E-state index >= 15 is 0 Å². The maximum atomic E-state index is 14.4. The van der Waals surface area contributed by atoms with Gasteiger partial charge in [0.2, 0.25) is 11.8 Å². The Morgan fingerprint density at radius 3 is 2.36 bits per heavy atom. The fourth-order valence-electron chi connectivity index (χ4n) is 11.0. The van der Waals surface area contributed by atoms with Crippen molar-refractivity contribution in [2.45, 2.75) is 187 Å². The lowest BCUT2D eigenvalue weighted by Gasteiger charge is -2.41. The van der Waals surface area contributed by atoms with Crippen LogP contribution in [0.25, 0.3) is 0 Å². The van der Waals surface area contributed by atoms with Crippen molar-refractivity contribution in [2.75, 3.05) is 41.6 Å². The maximum Gasteiger partial charge on any atom is 0.412 e. The first-order valence-electron chi connectivity index (χ1n) is 28.8. The number of nitrogens with one attached hydrogen (secondary N) is 3. The highest BCUT2D eigenvalue weighted by molar-refractivity contribution is 9.09. The summed E-state index contributed by atoms with van der Waals surface area (Å²) >= 11 is 13.5. The molecule has 5 amide bonds. The van der Waals surface area contributed by atoms with Crippen LogP contribution in [-0.4, -0.2) is 131 Å². The molecule has 0 unspecified atom stereocenters. The molecule has 19 nitrogen and oxygen atoms in total. The molecule has 0 spiro atoms. The van der Waals surface area contributed by atoms with E-state index in [-0.39, 0.29) is 80.9 Å². The number of aryl methyl sites for hydroxylation is 2. The minimum absolute atomic E-state index is 0.0190. The number of primary amides is 1. The topological polar surface area (TPSA) is 272 Å². The molecule has 22 heteroatoms. The molecular formula is C62H86Br2ClN5O14. The molecule has 6 N–H and O–H groups in total. The summed E-state index contributed by atoms with van der Waals surface area (Å²) in [5.41, 5.74) is 6.27. The number of esters is 2. The van der Waals surface area contributed by atoms with Crippen LogP contribution in [0.1, 0.15) is 135 Å². The molecule has 84 heavy (non-hydrogen) atoms. The molecule has 2 fully saturated rings. The minimum Gasteiger partial charge on any atom is -0.462 e. The van der Waals surface area contributed by atoms with Gasteiger partial charge in [0.15, 0.2) is 5.78 Å². The van der Waals surface area contributed by atoms with E-state index in [2.05, 4.69) is 47.8 Å². The van der Waals surface area contributed by atoms with Crippen molar-refractivity contribution in [3.63, 3.8) is 0 Å². The third kappa shape index (κ3) is 19.4. The fraction of sp³-hybridized carbons (Fsp3) is 0.613. The number of methoxy groups -OCH3 is 1. The normalized spacial score (nSPS) is 24.6. The van der Waals surface area contributed by atoms with Gasteiger partial charge in [-0.15, -0.1) is 0 Å². The number of rotatable bonds is 24. The van der Waals surface area contributed by atoms with Crippen molar-refractivity contribution >= 4 is 102 Å². The zero-order valence-corrected chi connectivity index (χ0v) is 54.3. The summed E-state index contributed by atoms with van der Waals surface area (Å²) in [6.07, 6.45) is 3.05. The Morgan fingerprint density at radius 2 is 1.71 bits per heavy atom. The van der Waals surface area contributed by atoms with E-state index in [1.54, 1.807) is 51.2 Å². The number of amides is 5. The predicted octanol–water partition coefficient (Wildman–Crippen LogP) is 9.80. The average Bonchev–Trinajstić information content (AvgIpc) is 1.73. The standard InChI is InChI=1S/C62H86Br2ClN5O14/c1-35(2)45(29-44(71)17-12-13-22-60(7,8)84-57(76)42(33-63)34-64)56(75)69-46(18-15-23-67-58(66)77)48(72)28-41-20-21-43(26-37(41)4)68-59(78)82-51-30-52(73)70(10)47-27-40(25-38(5)54(47)65)24-36(3)16-14-19-50(80-11)62(79)31-49(81-53(74)32-62)39(6)55-61(51,9)83-55/h14,16,19-21,25-27,35,39,42,45-46,49-51,55,79H,12-13,15,17-18,22-24,28-34H2,1-11H3,(H,68,78)(H,69,75)(H3,66,67,77)/b19-14+,36-16+/t39-,45+,46+,49+,50-,51+,55+,61+,62-/m1/s1. The van der Waals surface area contributed by atoms with Crippen LogP contribution in [0.5, 0.6) is 0 Å². The Bertz CT molecular complexity index is 2790. The Balaban J connectivity index is 1.31. The average molecular weight is 1320 g/mol. The van der Waals surface area contributed by atoms with Gasteiger partial charge in [0, 0.05) is 74.6 Å². The van der Waals surface area contributed by atoms with Crippen LogP contribution in [0.15, 0.2) is 54.1 Å². The predicted molar refractivity (Wildman–Crippen MR) is 328 cm³/mol. The number of hydrogen-bond acceptors (Lipinski definition) is 14. The summed E-state index contributed by atoms with van der Waals surface area (Å²) in [5.74, 6) is -4.06. The number of nitrogens with two attached hydrogens (primary N) is 1. The highest BCUT2D eigenvalue weighted by atomic mass is 79.9. The summed E-state index contributed by atoms with van der Waals surface area (Å²) in [6.45, 7) is 16.6. The van der Waals surface area contributed by atoms with Crippen LogP contribution >= 0.6 is 43.5 Å². The Hall–Kier alpha value is -5.19. The number of urea groups is 1. The van der Waals surface area contributed by atoms with E-state index < -0.39 is 89.0 Å². The number of allylic oxidation sites excluding steroid dienone is 3. The number of carbonyl (C=O) groups is 8. The third-order valence-electron chi connectivity index (χ3n) is 16.2. The molecule has 4 bridgehead atoms. The first kappa shape index (κ1) is 69.6. The number of Topliss-reactive ketones (excluding diaryl/α,β-unsaturated/α-hetero) is 2. The largest absolute Gasteiger partial charge is 0.462 e. The zero-order chi connectivity index (χ0) is 62.4. The monoisotopic (exact) mass is 1320 g/mol. The first-order valence-corrected chi connectivity index (χ1v) is 31.4. The van der Waals surface area contributed by atoms with Crippen LogP contribution in [0.3, 0.4) is 0 Å². The molecule has 0 aromatic heterocycles. The number of carbonyl (C=O) groups excluding carboxylic acids is 8. The highest BCUT2D eigenvalue weighted by Gasteiger charge is 2.64. The third-order valence-corrected chi connectivity index (χ3v) is 18.3. The highest BCUT2D eigenvalue weighted by Crippen LogP contribution is 2.50. The van der Waals surface area contributed by atoms with Gasteiger partial charge in [-0.05, 0) is 126 Å². The lowest BCUT2D eigenvalue weighted by atomic mass is 9.78. The van der Waals surface area contributed by atoms with Crippen molar-refractivity contribution < 1.29 is 67.1 Å². The number of halogens is 3. The molecule has 9 atom stereocenters. The van der Waals surface area contributed by atoms with E-state index in [1.807, 2.05) is 66.7 Å². The van der Waals surface area contributed by atoms with Crippen molar-refractivity contribution in [1.82, 2.24) is 10.6 Å². The zero-order valence-electron chi connectivity index (χ0n) is 50.3. The Kier molecular flexibility index (Phi) is 25.6. The molecule has 464 valence electrons. The van der Waals surface area contributed by atoms with Gasteiger partial charge >= 0.3 is 24.1 Å². The Morgan fingerprint density at radius 1 is 1.01 bits per heavy atom. The molecule has 2 aromatic carbocycles. The fourth-order valence-corrected chi connectivity index (χ4v) is 12.8. The SMILES string of the molecule is CO[C@@H]1/C=C/C=C(\C)Cc2cc(C)c(Cl)c(c2)N(C)C(=O)C[C@H](OC(=O)Nc2ccc(CC(=O)[C@H](CCCNC(N)=O)NC(=O)[C@@H](CC(=O)CCCCC(C)(C)OC(=O)C(CBr)CBr)C(C)C)c(C)c2)[C@]2(C)O[C@H]2[C@H](C)[C@@H]2C[C@@]1(O)CC(=O)O2. The molecule has 3 heterocycles. The number of fused-ring (bicyclic) bond motifs is 5. The number of unbranched alkanes of at least 4 members (excludes halogenated alkanes) is 1. The number of benzene rings is 2. The minimum atomic E-state index is -1.62. The van der Waals surface area contributed by atoms with Gasteiger partial charge < -0.3 is 50.1 Å². The first-order chi connectivity index (χ1) is 39.4. The molecule has 3 aliphatic heterocycles. The summed E-state index contributed by atoms with van der Waals surface area (Å²) in [6, 6.07) is 7.00. The van der Waals surface area contributed by atoms with Crippen molar-refractivity contribution in [3.8, 4) is 0 Å². The van der Waals surface area contributed by atoms with Crippen LogP contribution in [0.2, 0.25) is 5.02 Å². The summed E-state index contributed by atoms with van der Waals surface area (Å²) < 4.78 is 29.8. The number of aliphatic hydroxyl groups is 1. The van der Waals surface area contributed by atoms with Crippen molar-refractivity contribution in [2.24, 2.45) is 29.4 Å². The number of ether oxygens (including phenoxy) is 5. The van der Waals surface area contributed by atoms with Gasteiger partial charge in [0.25, 0.3) is 0 Å². The van der Waals surface area contributed by atoms with Gasteiger partial charge in [-0.2, -0.15) is 0 Å². The summed E-state index contributed by atoms with van der Waals surface area (Å²) in [4.78, 5) is 109. The molecule has 0 radical (unpaired) electrons. The second-order valence-electron chi connectivity index (χ2n) is 24.0. The molecule has 0 saturated carbocycles. The van der Waals surface area contributed by atoms with E-state index in [4.69, 9.17) is 41.0 Å². The van der Waals surface area contributed by atoms with Gasteiger partial charge in [-0.3, -0.25) is 34.1 Å². The smallest absolute Gasteiger partial charge is 0.412 e. The number of ketones is 2. The van der Waals surface area contributed by atoms with Crippen molar-refractivity contribution in [3.05, 3.63) is 81.4 Å². The van der Waals surface area contributed by atoms with Crippen LogP contribution in [0.4, 0.5) is 21.0 Å². The number of epoxide rings is 1. The van der Waals surface area contributed by atoms with Gasteiger partial charge in [0.1, 0.15) is 40.9 Å². The lowest BCUT2D eigenvalue weighted by molar-refractivity contribution is -0.187. The number of anilines is 2. The lowest BCUT2D eigenvalue weighted by Crippen LogP contribution is -2.53. The van der Waals surface area contributed by atoms with Crippen LogP contribution in [-0.2, 0) is 65.3 Å². The Labute approximate surface area is 516 Å². The molecule has 5 rings (SSSR count). The molecule has 3 aliphatic rings. The van der Waals surface area contributed by atoms with E-state index in [1.165, 1.54) is 12.0 Å². The van der Waals surface area contributed by atoms with Gasteiger partial charge in [-0.25, -0.2) is 9.59 Å². The summed E-state index contributed by atoms with van der Waals surface area (Å²) in [5, 5.41) is 21.5. The number of alkyl halides is 2. The van der Waals surface area contributed by atoms with E-state index in [0.717, 1.165) is 16.7 Å². The van der Waals surface area contributed by atoms with Crippen molar-refractivity contribution in [1.29, 1.82) is 0 Å². The quantitative estimate of drug-likeness (QED) is 0.0215. The van der Waals surface area contributed by atoms with Gasteiger partial charge in [0.05, 0.1) is 41.6 Å². The van der Waals surface area contributed by atoms with Crippen LogP contribution in [0, 0.1) is 37.5 Å². The number of hydrogen-bond donors (Lipinski definition) is 5. The maximum absolute atomic E-state index is 14.4.